The number of aromatic nitrogens is 2. The van der Waals surface area contributed by atoms with Crippen LogP contribution in [-0.2, 0) is 31.9 Å². The van der Waals surface area contributed by atoms with Gasteiger partial charge in [0.25, 0.3) is 0 Å². The third kappa shape index (κ3) is 14.8. The van der Waals surface area contributed by atoms with Crippen molar-refractivity contribution in [2.45, 2.75) is 52.4 Å². The summed E-state index contributed by atoms with van der Waals surface area (Å²) in [6.07, 6.45) is 3.48. The van der Waals surface area contributed by atoms with E-state index in [9.17, 15) is 10.2 Å². The first kappa shape index (κ1) is 66.1. The van der Waals surface area contributed by atoms with Gasteiger partial charge in [0.05, 0.1) is 34.7 Å². The standard InChI is InChI=1S/C43H33N3OS.C43H32N3OS.Pt/c2*1-43(2,3)34-20-23-39(47)33(24-34)27-45-38-13-9-8-12-36(38)42-46-41-37(31-10-6-5-7-11-31)25-32(26-40(41)48-42)30-16-14-28(15-17-30)29-18-21-35(44-4)22-19-29;/h5-27,47H,1-3H3;5-10,12-27,47H,1-3H3;/q;-1;. The molecule has 0 saturated carbocycles. The Balaban J connectivity index is 0.000000183. The van der Waals surface area contributed by atoms with Gasteiger partial charge in [-0.3, -0.25) is 9.98 Å². The van der Waals surface area contributed by atoms with E-state index in [0.29, 0.717) is 22.5 Å². The minimum absolute atomic E-state index is 0. The molecule has 2 aromatic heterocycles. The van der Waals surface area contributed by atoms with Crippen LogP contribution in [-0.4, -0.2) is 32.6 Å². The number of para-hydroxylation sites is 2. The number of phenols is 2. The van der Waals surface area contributed by atoms with E-state index in [-0.39, 0.29) is 43.4 Å². The van der Waals surface area contributed by atoms with Gasteiger partial charge >= 0.3 is 0 Å². The summed E-state index contributed by atoms with van der Waals surface area (Å²) in [7, 11) is 0. The topological polar surface area (TPSA) is 99.7 Å². The van der Waals surface area contributed by atoms with E-state index < -0.39 is 0 Å². The fourth-order valence-electron chi connectivity index (χ4n) is 11.5. The molecule has 0 bridgehead atoms. The Morgan fingerprint density at radius 1 is 0.392 bits per heavy atom. The van der Waals surface area contributed by atoms with E-state index in [1.165, 1.54) is 0 Å². The van der Waals surface area contributed by atoms with Gasteiger partial charge in [0.2, 0.25) is 0 Å². The van der Waals surface area contributed by atoms with Crippen molar-refractivity contribution < 1.29 is 31.3 Å². The molecule has 0 saturated heterocycles. The molecule has 12 aromatic carbocycles. The molecule has 8 nitrogen and oxygen atoms in total. The molecule has 0 aliphatic carbocycles. The Labute approximate surface area is 589 Å². The molecule has 0 atom stereocenters. The van der Waals surface area contributed by atoms with Gasteiger partial charge in [-0.15, -0.1) is 58.6 Å². The molecule has 0 radical (unpaired) electrons. The van der Waals surface area contributed by atoms with Crippen molar-refractivity contribution in [3.8, 4) is 99.4 Å². The molecule has 0 aliphatic rings. The molecule has 2 heterocycles. The van der Waals surface area contributed by atoms with Crippen molar-refractivity contribution in [3.63, 3.8) is 0 Å². The molecule has 2 N–H and O–H groups in total. The normalized spacial score (nSPS) is 11.5. The van der Waals surface area contributed by atoms with Crippen LogP contribution >= 0.6 is 22.7 Å². The fraction of sp³-hybridized carbons (Fsp3) is 0.0930. The second-order valence-electron chi connectivity index (χ2n) is 25.5. The number of hydrogen-bond acceptors (Lipinski definition) is 8. The zero-order valence-corrected chi connectivity index (χ0v) is 58.1. The summed E-state index contributed by atoms with van der Waals surface area (Å²) in [6, 6.07) is 90.7. The fourth-order valence-corrected chi connectivity index (χ4v) is 13.6. The van der Waals surface area contributed by atoms with Gasteiger partial charge in [-0.2, -0.15) is 0 Å². The summed E-state index contributed by atoms with van der Waals surface area (Å²) >= 11 is 3.30. The number of rotatable bonds is 12. The third-order valence-electron chi connectivity index (χ3n) is 16.9. The predicted molar refractivity (Wildman–Crippen MR) is 402 cm³/mol. The Bertz CT molecular complexity index is 4990. The second-order valence-corrected chi connectivity index (χ2v) is 27.6. The van der Waals surface area contributed by atoms with Crippen LogP contribution in [0.4, 0.5) is 22.7 Å². The van der Waals surface area contributed by atoms with Crippen LogP contribution < -0.4 is 0 Å². The van der Waals surface area contributed by atoms with Crippen LogP contribution in [0.25, 0.3) is 118 Å². The molecule has 14 aromatic rings. The largest absolute Gasteiger partial charge is 0.507 e. The van der Waals surface area contributed by atoms with Crippen LogP contribution in [0.15, 0.2) is 271 Å². The summed E-state index contributed by atoms with van der Waals surface area (Å²) in [5, 5.41) is 23.0. The molecule has 0 amide bonds. The van der Waals surface area contributed by atoms with Crippen molar-refractivity contribution >= 4 is 78.3 Å². The zero-order chi connectivity index (χ0) is 66.5. The molecule has 0 fully saturated rings. The maximum absolute atomic E-state index is 10.6. The smallest absolute Gasteiger partial charge is 0.187 e. The quantitative estimate of drug-likeness (QED) is 0.0940. The van der Waals surface area contributed by atoms with Crippen LogP contribution in [0.1, 0.15) is 63.8 Å². The molecule has 11 heteroatoms. The van der Waals surface area contributed by atoms with Gasteiger partial charge in [-0.05, 0) is 139 Å². The maximum Gasteiger partial charge on any atom is 0.187 e. The molecule has 474 valence electrons. The molecular weight excluding hydrogens is 1410 g/mol. The Hall–Kier alpha value is -11.0. The number of benzene rings is 12. The monoisotopic (exact) mass is 1470 g/mol. The van der Waals surface area contributed by atoms with E-state index in [0.717, 1.165) is 131 Å². The Morgan fingerprint density at radius 2 is 0.773 bits per heavy atom. The Kier molecular flexibility index (Phi) is 19.4. The minimum atomic E-state index is -0.0458. The summed E-state index contributed by atoms with van der Waals surface area (Å²) in [6.45, 7) is 27.4. The van der Waals surface area contributed by atoms with Crippen LogP contribution in [0, 0.1) is 19.2 Å². The number of thiazole rings is 2. The third-order valence-corrected chi connectivity index (χ3v) is 19.0. The van der Waals surface area contributed by atoms with Crippen molar-refractivity contribution in [1.82, 2.24) is 9.97 Å². The van der Waals surface area contributed by atoms with Gasteiger partial charge in [-0.25, -0.2) is 19.7 Å². The molecule has 0 aliphatic heterocycles. The van der Waals surface area contributed by atoms with E-state index in [4.69, 9.17) is 33.1 Å². The minimum Gasteiger partial charge on any atom is -0.507 e. The zero-order valence-electron chi connectivity index (χ0n) is 54.2. The van der Waals surface area contributed by atoms with Crippen LogP contribution in [0.3, 0.4) is 0 Å². The average Bonchev–Trinajstić information content (AvgIpc) is 1.65. The van der Waals surface area contributed by atoms with E-state index in [2.05, 4.69) is 173 Å². The van der Waals surface area contributed by atoms with Crippen LogP contribution in [0.5, 0.6) is 11.5 Å². The second kappa shape index (κ2) is 28.5. The van der Waals surface area contributed by atoms with Gasteiger partial charge in [-0.1, -0.05) is 217 Å². The van der Waals surface area contributed by atoms with Gasteiger partial charge in [0, 0.05) is 71.5 Å². The molecule has 97 heavy (non-hydrogen) atoms. The number of fused-ring (bicyclic) bond motifs is 2. The predicted octanol–water partition coefficient (Wildman–Crippen LogP) is 24.3. The summed E-state index contributed by atoms with van der Waals surface area (Å²) in [5.74, 6) is 0.404. The molecule has 0 spiro atoms. The number of nitrogens with zero attached hydrogens (tertiary/aromatic N) is 6. The van der Waals surface area contributed by atoms with Crippen molar-refractivity contribution in [2.24, 2.45) is 9.98 Å². The summed E-state index contributed by atoms with van der Waals surface area (Å²) < 4.78 is 2.16. The van der Waals surface area contributed by atoms with E-state index >= 15 is 0 Å². The average molecular weight is 1470 g/mol. The summed E-state index contributed by atoms with van der Waals surface area (Å²) in [5.41, 5.74) is 23.1. The van der Waals surface area contributed by atoms with Crippen molar-refractivity contribution in [2.75, 3.05) is 0 Å². The number of hydrogen-bond donors (Lipinski definition) is 2. The number of aromatic hydroxyl groups is 2. The molecule has 14 rings (SSSR count). The first-order valence-corrected chi connectivity index (χ1v) is 33.2. The Morgan fingerprint density at radius 3 is 1.19 bits per heavy atom. The van der Waals surface area contributed by atoms with E-state index in [1.807, 2.05) is 133 Å². The van der Waals surface area contributed by atoms with Crippen molar-refractivity contribution in [1.29, 1.82) is 0 Å². The van der Waals surface area contributed by atoms with Gasteiger partial charge in [0.1, 0.15) is 21.5 Å². The van der Waals surface area contributed by atoms with E-state index in [1.54, 1.807) is 47.2 Å². The first-order valence-electron chi connectivity index (χ1n) is 31.6. The van der Waals surface area contributed by atoms with Gasteiger partial charge < -0.3 is 10.2 Å². The van der Waals surface area contributed by atoms with Crippen molar-refractivity contribution in [3.05, 3.63) is 312 Å². The molecular formula is C86H65N6O2PtS2-. The molecule has 0 unspecified atom stereocenters. The number of phenolic OH excluding ortho intramolecular Hbond substituents is 2. The number of aliphatic imine (C=N–C) groups is 2. The summed E-state index contributed by atoms with van der Waals surface area (Å²) in [4.78, 5) is 27.1. The first-order chi connectivity index (χ1) is 46.5. The van der Waals surface area contributed by atoms with Crippen LogP contribution in [0.2, 0.25) is 0 Å². The SMILES string of the molecule is [C-]#[N+]c1ccc(-c2ccc(-c3cc(-c4[c-]cccc4)c4nc(-c5ccccc5N=Cc5cc(C(C)(C)C)ccc5O)sc4c3)cc2)cc1.[C-]#[N+]c1ccc(-c2ccc(-c3cc(-c4ccccc4)c4nc(-c5ccccc5N=Cc5cc(C(C)(C)C)ccc5O)sc4c3)cc2)cc1.[Pt]. The van der Waals surface area contributed by atoms with Gasteiger partial charge in [0.15, 0.2) is 11.4 Å². The maximum atomic E-state index is 10.6.